The smallest absolute Gasteiger partial charge is 0.435 e. The molecule has 3 heterocycles. The largest absolute Gasteiger partial charge is 0.443 e. The van der Waals surface area contributed by atoms with Crippen LogP contribution in [0.25, 0.3) is 27.5 Å². The number of aromatic nitrogens is 3. The Balaban J connectivity index is 1.43. The van der Waals surface area contributed by atoms with Crippen LogP contribution in [0.2, 0.25) is 0 Å². The number of halogens is 2. The zero-order chi connectivity index (χ0) is 24.6. The molecule has 1 fully saturated rings. The molecule has 0 atom stereocenters. The Morgan fingerprint density at radius 2 is 1.72 bits per heavy atom. The average Bonchev–Trinajstić information content (AvgIpc) is 3.49. The lowest BCUT2D eigenvalue weighted by Crippen LogP contribution is -2.16. The number of benzene rings is 3. The van der Waals surface area contributed by atoms with Crippen molar-refractivity contribution in [3.05, 3.63) is 95.8 Å². The maximum Gasteiger partial charge on any atom is 0.435 e. The maximum atomic E-state index is 14.2. The molecule has 0 N–H and O–H groups in total. The molecule has 0 saturated carbocycles. The van der Waals surface area contributed by atoms with Crippen LogP contribution >= 0.6 is 0 Å². The Morgan fingerprint density at radius 3 is 2.50 bits per heavy atom. The highest BCUT2D eigenvalue weighted by Gasteiger charge is 2.24. The van der Waals surface area contributed by atoms with Gasteiger partial charge in [-0.15, -0.1) is 0 Å². The molecule has 0 aliphatic carbocycles. The van der Waals surface area contributed by atoms with Crippen molar-refractivity contribution in [3.63, 3.8) is 0 Å². The van der Waals surface area contributed by atoms with Crippen LogP contribution in [0.4, 0.5) is 13.6 Å². The lowest BCUT2D eigenvalue weighted by atomic mass is 9.96. The van der Waals surface area contributed by atoms with Crippen LogP contribution < -0.4 is 0 Å². The minimum Gasteiger partial charge on any atom is -0.443 e. The fourth-order valence-corrected chi connectivity index (χ4v) is 4.88. The number of carbonyl (C=O) groups excluding carboxylic acids is 1. The molecular weight excluding hydrogens is 464 g/mol. The van der Waals surface area contributed by atoms with Gasteiger partial charge >= 0.3 is 6.09 Å². The number of hydrogen-bond donors (Lipinski definition) is 0. The van der Waals surface area contributed by atoms with Gasteiger partial charge < -0.3 is 14.0 Å². The standard InChI is InChI=1S/C28H23F2N3O3/c29-23-7-6-22(15-24(23)30)32-25(19-8-10-35-11-9-19)12-20-13-27-21(14-26(20)32)16-31-33(27)28(34)36-17-18-4-2-1-3-5-18/h1-7,12-16,19H,8-11,17H2. The van der Waals surface area contributed by atoms with Crippen LogP contribution in [0.5, 0.6) is 0 Å². The van der Waals surface area contributed by atoms with Crippen molar-refractivity contribution < 1.29 is 23.0 Å². The first kappa shape index (κ1) is 22.4. The number of rotatable bonds is 4. The monoisotopic (exact) mass is 487 g/mol. The third-order valence-corrected chi connectivity index (χ3v) is 6.70. The second-order valence-corrected chi connectivity index (χ2v) is 8.96. The number of fused-ring (bicyclic) bond motifs is 2. The van der Waals surface area contributed by atoms with Crippen molar-refractivity contribution in [2.45, 2.75) is 25.4 Å². The molecule has 0 radical (unpaired) electrons. The summed E-state index contributed by atoms with van der Waals surface area (Å²) in [5.41, 5.74) is 3.86. The number of hydrogen-bond acceptors (Lipinski definition) is 4. The zero-order valence-corrected chi connectivity index (χ0v) is 19.4. The van der Waals surface area contributed by atoms with E-state index >= 15 is 0 Å². The predicted molar refractivity (Wildman–Crippen MR) is 131 cm³/mol. The Bertz CT molecular complexity index is 1570. The minimum absolute atomic E-state index is 0.143. The summed E-state index contributed by atoms with van der Waals surface area (Å²) in [6.45, 7) is 1.44. The quantitative estimate of drug-likeness (QED) is 0.297. The molecule has 0 amide bonds. The SMILES string of the molecule is O=C(OCc1ccccc1)n1ncc2cc3c(cc(C4CCOCC4)n3-c3ccc(F)c(F)c3)cc21. The van der Waals surface area contributed by atoms with Gasteiger partial charge in [0.15, 0.2) is 11.6 Å². The van der Waals surface area contributed by atoms with Gasteiger partial charge in [0.05, 0.1) is 17.2 Å². The van der Waals surface area contributed by atoms with Gasteiger partial charge in [-0.2, -0.15) is 9.78 Å². The van der Waals surface area contributed by atoms with Crippen LogP contribution in [-0.4, -0.2) is 33.7 Å². The van der Waals surface area contributed by atoms with Crippen LogP contribution in [0.3, 0.4) is 0 Å². The molecule has 182 valence electrons. The van der Waals surface area contributed by atoms with Crippen molar-refractivity contribution in [2.24, 2.45) is 0 Å². The Morgan fingerprint density at radius 1 is 0.944 bits per heavy atom. The van der Waals surface area contributed by atoms with Gasteiger partial charge in [0.25, 0.3) is 0 Å². The van der Waals surface area contributed by atoms with Crippen LogP contribution in [0.15, 0.2) is 72.9 Å². The second-order valence-electron chi connectivity index (χ2n) is 8.96. The summed E-state index contributed by atoms with van der Waals surface area (Å²) in [6.07, 6.45) is 2.70. The van der Waals surface area contributed by atoms with Crippen LogP contribution in [-0.2, 0) is 16.1 Å². The first-order valence-electron chi connectivity index (χ1n) is 11.9. The molecule has 0 bridgehead atoms. The fourth-order valence-electron chi connectivity index (χ4n) is 4.88. The van der Waals surface area contributed by atoms with E-state index in [0.717, 1.165) is 46.5 Å². The van der Waals surface area contributed by atoms with E-state index in [4.69, 9.17) is 9.47 Å². The lowest BCUT2D eigenvalue weighted by molar-refractivity contribution is 0.0842. The van der Waals surface area contributed by atoms with E-state index in [1.165, 1.54) is 10.7 Å². The summed E-state index contributed by atoms with van der Waals surface area (Å²) in [5, 5.41) is 5.86. The highest BCUT2D eigenvalue weighted by molar-refractivity contribution is 5.99. The first-order valence-corrected chi connectivity index (χ1v) is 11.9. The summed E-state index contributed by atoms with van der Waals surface area (Å²) >= 11 is 0. The van der Waals surface area contributed by atoms with Gasteiger partial charge in [0, 0.05) is 47.4 Å². The zero-order valence-electron chi connectivity index (χ0n) is 19.4. The van der Waals surface area contributed by atoms with E-state index in [1.807, 2.05) is 47.0 Å². The molecular formula is C28H23F2N3O3. The number of nitrogens with zero attached hydrogens (tertiary/aromatic N) is 3. The van der Waals surface area contributed by atoms with E-state index in [-0.39, 0.29) is 12.5 Å². The third-order valence-electron chi connectivity index (χ3n) is 6.70. The Hall–Kier alpha value is -4.04. The normalized spacial score (nSPS) is 14.5. The molecule has 5 aromatic rings. The number of ether oxygens (including phenoxy) is 2. The molecule has 8 heteroatoms. The van der Waals surface area contributed by atoms with Gasteiger partial charge in [-0.1, -0.05) is 30.3 Å². The molecule has 1 aliphatic rings. The summed E-state index contributed by atoms with van der Waals surface area (Å²) < 4.78 is 42.2. The van der Waals surface area contributed by atoms with Crippen molar-refractivity contribution >= 4 is 27.9 Å². The highest BCUT2D eigenvalue weighted by atomic mass is 19.2. The van der Waals surface area contributed by atoms with Gasteiger partial charge in [-0.25, -0.2) is 13.6 Å². The average molecular weight is 488 g/mol. The fraction of sp³-hybridized carbons (Fsp3) is 0.214. The third kappa shape index (κ3) is 4.03. The van der Waals surface area contributed by atoms with Gasteiger partial charge in [0.1, 0.15) is 6.61 Å². The van der Waals surface area contributed by atoms with Gasteiger partial charge in [0.2, 0.25) is 0 Å². The van der Waals surface area contributed by atoms with Crippen LogP contribution in [0, 0.1) is 11.6 Å². The molecule has 0 spiro atoms. The molecule has 1 saturated heterocycles. The molecule has 36 heavy (non-hydrogen) atoms. The summed E-state index contributed by atoms with van der Waals surface area (Å²) in [7, 11) is 0. The topological polar surface area (TPSA) is 58.3 Å². The van der Waals surface area contributed by atoms with Crippen molar-refractivity contribution in [2.75, 3.05) is 13.2 Å². The van der Waals surface area contributed by atoms with Crippen molar-refractivity contribution in [1.29, 1.82) is 0 Å². The van der Waals surface area contributed by atoms with Crippen molar-refractivity contribution in [3.8, 4) is 5.69 Å². The van der Waals surface area contributed by atoms with Gasteiger partial charge in [-0.05, 0) is 48.7 Å². The second kappa shape index (κ2) is 9.20. The molecule has 0 unspecified atom stereocenters. The van der Waals surface area contributed by atoms with E-state index in [2.05, 4.69) is 11.2 Å². The van der Waals surface area contributed by atoms with E-state index < -0.39 is 17.7 Å². The Kier molecular flexibility index (Phi) is 5.73. The molecule has 6 rings (SSSR count). The van der Waals surface area contributed by atoms with E-state index in [1.54, 1.807) is 12.3 Å². The number of carbonyl (C=O) groups is 1. The van der Waals surface area contributed by atoms with Crippen molar-refractivity contribution in [1.82, 2.24) is 14.3 Å². The summed E-state index contributed by atoms with van der Waals surface area (Å²) in [6, 6.07) is 19.2. The summed E-state index contributed by atoms with van der Waals surface area (Å²) in [4.78, 5) is 12.8. The first-order chi connectivity index (χ1) is 17.6. The molecule has 3 aromatic carbocycles. The van der Waals surface area contributed by atoms with E-state index in [0.29, 0.717) is 24.4 Å². The maximum absolute atomic E-state index is 14.2. The molecule has 1 aliphatic heterocycles. The molecule has 6 nitrogen and oxygen atoms in total. The summed E-state index contributed by atoms with van der Waals surface area (Å²) in [5.74, 6) is -1.59. The lowest BCUT2D eigenvalue weighted by Gasteiger charge is -2.24. The van der Waals surface area contributed by atoms with Gasteiger partial charge in [-0.3, -0.25) is 0 Å². The minimum atomic E-state index is -0.901. The predicted octanol–water partition coefficient (Wildman–Crippen LogP) is 6.34. The highest BCUT2D eigenvalue weighted by Crippen LogP contribution is 2.36. The van der Waals surface area contributed by atoms with E-state index in [9.17, 15) is 13.6 Å². The Labute approximate surface area is 205 Å². The van der Waals surface area contributed by atoms with Crippen LogP contribution in [0.1, 0.15) is 30.0 Å². The molecule has 2 aromatic heterocycles.